The first-order chi connectivity index (χ1) is 15.0. The van der Waals surface area contributed by atoms with E-state index < -0.39 is 0 Å². The Kier molecular flexibility index (Phi) is 6.56. The van der Waals surface area contributed by atoms with Crippen LogP contribution in [0.1, 0.15) is 26.4 Å². The average molecular weight is 473 g/mol. The number of nitrogens with zero attached hydrogens (tertiary/aromatic N) is 3. The number of hydrogen-bond acceptors (Lipinski definition) is 5. The van der Waals surface area contributed by atoms with Gasteiger partial charge in [0.25, 0.3) is 5.91 Å². The number of halogens is 2. The molecule has 2 heterocycles. The minimum absolute atomic E-state index is 0.236. The summed E-state index contributed by atoms with van der Waals surface area (Å²) < 4.78 is 7.46. The van der Waals surface area contributed by atoms with Crippen LogP contribution in [0.4, 0.5) is 5.95 Å². The Labute approximate surface area is 193 Å². The Morgan fingerprint density at radius 1 is 1.19 bits per heavy atom. The first-order valence-corrected chi connectivity index (χ1v) is 11.0. The maximum absolute atomic E-state index is 12.5. The highest BCUT2D eigenvalue weighted by Gasteiger charge is 2.13. The third-order valence-corrected chi connectivity index (χ3v) is 6.04. The number of benzene rings is 2. The summed E-state index contributed by atoms with van der Waals surface area (Å²) >= 11 is 13.5. The molecule has 6 nitrogen and oxygen atoms in total. The molecule has 0 saturated carbocycles. The number of thiophene rings is 1. The van der Waals surface area contributed by atoms with Gasteiger partial charge in [-0.2, -0.15) is 0 Å². The van der Waals surface area contributed by atoms with Crippen molar-refractivity contribution in [3.63, 3.8) is 0 Å². The Balaban J connectivity index is 1.35. The van der Waals surface area contributed by atoms with Crippen LogP contribution in [0.25, 0.3) is 0 Å². The van der Waals surface area contributed by atoms with E-state index in [1.807, 2.05) is 48.7 Å². The van der Waals surface area contributed by atoms with Gasteiger partial charge in [0.1, 0.15) is 18.7 Å². The number of carbonyl (C=O) groups is 1. The minimum Gasteiger partial charge on any atom is -0.489 e. The summed E-state index contributed by atoms with van der Waals surface area (Å²) in [4.78, 5) is 17.3. The van der Waals surface area contributed by atoms with Gasteiger partial charge in [0.15, 0.2) is 0 Å². The van der Waals surface area contributed by atoms with Gasteiger partial charge in [-0.15, -0.1) is 16.4 Å². The molecule has 0 atom stereocenters. The molecule has 2 aromatic heterocycles. The van der Waals surface area contributed by atoms with E-state index in [1.165, 1.54) is 11.3 Å². The van der Waals surface area contributed by atoms with Crippen molar-refractivity contribution >= 4 is 46.4 Å². The number of aryl methyl sites for hydroxylation is 1. The number of hydrogen-bond donors (Lipinski definition) is 1. The van der Waals surface area contributed by atoms with Gasteiger partial charge in [-0.25, -0.2) is 9.67 Å². The van der Waals surface area contributed by atoms with E-state index in [0.717, 1.165) is 22.4 Å². The molecule has 158 valence electrons. The zero-order valence-corrected chi connectivity index (χ0v) is 18.8. The highest BCUT2D eigenvalue weighted by Crippen LogP contribution is 2.24. The molecule has 4 rings (SSSR count). The van der Waals surface area contributed by atoms with Crippen molar-refractivity contribution in [3.05, 3.63) is 91.9 Å². The lowest BCUT2D eigenvalue weighted by Gasteiger charge is -2.08. The lowest BCUT2D eigenvalue weighted by molar-refractivity contribution is 0.102. The van der Waals surface area contributed by atoms with Crippen molar-refractivity contribution in [3.8, 4) is 5.75 Å². The summed E-state index contributed by atoms with van der Waals surface area (Å²) in [5, 5.41) is 10.2. The molecule has 4 aromatic rings. The van der Waals surface area contributed by atoms with Crippen molar-refractivity contribution in [2.75, 3.05) is 5.32 Å². The number of amides is 1. The Hall–Kier alpha value is -2.87. The molecule has 1 amide bonds. The molecule has 31 heavy (non-hydrogen) atoms. The topological polar surface area (TPSA) is 69.0 Å². The van der Waals surface area contributed by atoms with Crippen molar-refractivity contribution in [1.29, 1.82) is 0 Å². The van der Waals surface area contributed by atoms with Gasteiger partial charge in [-0.3, -0.25) is 10.1 Å². The second kappa shape index (κ2) is 9.51. The molecule has 0 bridgehead atoms. The standard InChI is InChI=1S/C22H18Cl2N4O2S/c1-14-8-17(23)6-7-19(14)30-11-15-9-20(31-12-15)21(29)26-22-25-13-28(27-22)10-16-4-2-3-5-18(16)24/h2-9,12-13H,10-11H2,1H3,(H,26,27,29). The van der Waals surface area contributed by atoms with E-state index in [2.05, 4.69) is 15.4 Å². The van der Waals surface area contributed by atoms with Crippen LogP contribution < -0.4 is 10.1 Å². The zero-order chi connectivity index (χ0) is 21.8. The highest BCUT2D eigenvalue weighted by atomic mass is 35.5. The van der Waals surface area contributed by atoms with E-state index in [9.17, 15) is 4.79 Å². The summed E-state index contributed by atoms with van der Waals surface area (Å²) in [6, 6.07) is 14.8. The maximum Gasteiger partial charge on any atom is 0.268 e. The smallest absolute Gasteiger partial charge is 0.268 e. The van der Waals surface area contributed by atoms with Gasteiger partial charge in [0.05, 0.1) is 11.4 Å². The summed E-state index contributed by atoms with van der Waals surface area (Å²) in [5.41, 5.74) is 2.78. The average Bonchev–Trinajstić information content (AvgIpc) is 3.39. The highest BCUT2D eigenvalue weighted by molar-refractivity contribution is 7.12. The summed E-state index contributed by atoms with van der Waals surface area (Å²) in [6.07, 6.45) is 1.56. The van der Waals surface area contributed by atoms with Crippen LogP contribution in [-0.2, 0) is 13.2 Å². The predicted octanol–water partition coefficient (Wildman–Crippen LogP) is 5.83. The molecule has 0 unspecified atom stereocenters. The predicted molar refractivity (Wildman–Crippen MR) is 123 cm³/mol. The largest absolute Gasteiger partial charge is 0.489 e. The lowest BCUT2D eigenvalue weighted by Crippen LogP contribution is -2.12. The van der Waals surface area contributed by atoms with Crippen LogP contribution in [0, 0.1) is 6.92 Å². The number of nitrogens with one attached hydrogen (secondary N) is 1. The number of ether oxygens (including phenoxy) is 1. The molecule has 0 radical (unpaired) electrons. The molecular weight excluding hydrogens is 455 g/mol. The summed E-state index contributed by atoms with van der Waals surface area (Å²) in [5.74, 6) is 0.726. The second-order valence-corrected chi connectivity index (χ2v) is 8.58. The van der Waals surface area contributed by atoms with Crippen LogP contribution in [0.15, 0.2) is 60.2 Å². The summed E-state index contributed by atoms with van der Waals surface area (Å²) in [7, 11) is 0. The molecule has 0 fully saturated rings. The van der Waals surface area contributed by atoms with Gasteiger partial charge in [0, 0.05) is 15.6 Å². The molecule has 0 saturated heterocycles. The number of aromatic nitrogens is 3. The van der Waals surface area contributed by atoms with Crippen molar-refractivity contribution in [2.45, 2.75) is 20.1 Å². The number of anilines is 1. The summed E-state index contributed by atoms with van der Waals surface area (Å²) in [6.45, 7) is 2.76. The molecule has 0 aliphatic carbocycles. The van der Waals surface area contributed by atoms with E-state index in [1.54, 1.807) is 23.1 Å². The van der Waals surface area contributed by atoms with Gasteiger partial charge >= 0.3 is 0 Å². The van der Waals surface area contributed by atoms with E-state index in [-0.39, 0.29) is 11.9 Å². The first kappa shape index (κ1) is 21.4. The third-order valence-electron chi connectivity index (χ3n) is 4.46. The van der Waals surface area contributed by atoms with E-state index in [0.29, 0.717) is 28.1 Å². The second-order valence-electron chi connectivity index (χ2n) is 6.83. The molecule has 1 N–H and O–H groups in total. The minimum atomic E-state index is -0.269. The van der Waals surface area contributed by atoms with Crippen LogP contribution in [0.2, 0.25) is 10.0 Å². The fourth-order valence-corrected chi connectivity index (χ4v) is 4.11. The van der Waals surface area contributed by atoms with Crippen molar-refractivity contribution in [1.82, 2.24) is 14.8 Å². The van der Waals surface area contributed by atoms with Gasteiger partial charge in [-0.1, -0.05) is 41.4 Å². The van der Waals surface area contributed by atoms with Gasteiger partial charge in [0.2, 0.25) is 5.95 Å². The number of carbonyl (C=O) groups excluding carboxylic acids is 1. The van der Waals surface area contributed by atoms with Crippen molar-refractivity contribution < 1.29 is 9.53 Å². The molecule has 9 heteroatoms. The molecule has 0 spiro atoms. The Bertz CT molecular complexity index is 1220. The third kappa shape index (κ3) is 5.44. The quantitative estimate of drug-likeness (QED) is 0.367. The van der Waals surface area contributed by atoms with Gasteiger partial charge < -0.3 is 4.74 Å². The molecule has 2 aromatic carbocycles. The Morgan fingerprint density at radius 3 is 2.84 bits per heavy atom. The fraction of sp³-hybridized carbons (Fsp3) is 0.136. The SMILES string of the molecule is Cc1cc(Cl)ccc1OCc1csc(C(=O)Nc2ncn(Cc3ccccc3Cl)n2)c1. The monoisotopic (exact) mass is 472 g/mol. The maximum atomic E-state index is 12.5. The fourth-order valence-electron chi connectivity index (χ4n) is 2.90. The van der Waals surface area contributed by atoms with Crippen LogP contribution in [0.3, 0.4) is 0 Å². The van der Waals surface area contributed by atoms with Crippen molar-refractivity contribution in [2.24, 2.45) is 0 Å². The lowest BCUT2D eigenvalue weighted by atomic mass is 10.2. The normalized spacial score (nSPS) is 10.8. The van der Waals surface area contributed by atoms with E-state index >= 15 is 0 Å². The van der Waals surface area contributed by atoms with Crippen LogP contribution in [-0.4, -0.2) is 20.7 Å². The van der Waals surface area contributed by atoms with Crippen LogP contribution in [0.5, 0.6) is 5.75 Å². The number of rotatable bonds is 7. The Morgan fingerprint density at radius 2 is 2.03 bits per heavy atom. The van der Waals surface area contributed by atoms with E-state index in [4.69, 9.17) is 27.9 Å². The molecule has 0 aliphatic rings. The zero-order valence-electron chi connectivity index (χ0n) is 16.5. The molecule has 0 aliphatic heterocycles. The molecular formula is C22H18Cl2N4O2S. The first-order valence-electron chi connectivity index (χ1n) is 9.38. The van der Waals surface area contributed by atoms with Gasteiger partial charge in [-0.05, 0) is 53.8 Å². The van der Waals surface area contributed by atoms with Crippen LogP contribution >= 0.6 is 34.5 Å².